The van der Waals surface area contributed by atoms with Gasteiger partial charge < -0.3 is 15.4 Å². The molecule has 8 nitrogen and oxygen atoms in total. The van der Waals surface area contributed by atoms with Crippen molar-refractivity contribution in [2.45, 2.75) is 40.0 Å². The monoisotopic (exact) mass is 541 g/mol. The number of non-ortho nitro benzene ring substituents is 1. The van der Waals surface area contributed by atoms with Crippen LogP contribution in [0.3, 0.4) is 0 Å². The second kappa shape index (κ2) is 10.9. The molecule has 2 N–H and O–H groups in total. The van der Waals surface area contributed by atoms with Crippen LogP contribution in [-0.2, 0) is 17.6 Å². The summed E-state index contributed by atoms with van der Waals surface area (Å²) in [5.41, 5.74) is 2.13. The molecule has 10 heteroatoms. The fourth-order valence-corrected chi connectivity index (χ4v) is 5.82. The number of thiophene rings is 1. The number of ether oxygens (including phenoxy) is 1. The maximum Gasteiger partial charge on any atom is 0.269 e. The number of hydrogen-bond acceptors (Lipinski definition) is 6. The Labute approximate surface area is 224 Å². The first kappa shape index (κ1) is 26.6. The number of amides is 2. The molecule has 37 heavy (non-hydrogen) atoms. The van der Waals surface area contributed by atoms with E-state index in [-0.39, 0.29) is 23.6 Å². The van der Waals surface area contributed by atoms with Gasteiger partial charge in [-0.25, -0.2) is 0 Å². The number of anilines is 2. The molecule has 0 saturated heterocycles. The third-order valence-corrected chi connectivity index (χ3v) is 7.91. The molecule has 0 saturated carbocycles. The second-order valence-corrected chi connectivity index (χ2v) is 11.6. The molecule has 1 aliphatic carbocycles. The number of benzene rings is 2. The Morgan fingerprint density at radius 3 is 2.41 bits per heavy atom. The number of hydrogen-bond donors (Lipinski definition) is 2. The van der Waals surface area contributed by atoms with Crippen LogP contribution in [0, 0.1) is 21.4 Å². The summed E-state index contributed by atoms with van der Waals surface area (Å²) in [5, 5.41) is 17.7. The van der Waals surface area contributed by atoms with Crippen molar-refractivity contribution in [3.8, 4) is 5.75 Å². The number of nitrogens with one attached hydrogen (secondary N) is 2. The van der Waals surface area contributed by atoms with Gasteiger partial charge in [-0.2, -0.15) is 0 Å². The van der Waals surface area contributed by atoms with Crippen LogP contribution in [0.2, 0.25) is 5.02 Å². The van der Waals surface area contributed by atoms with Crippen molar-refractivity contribution in [2.75, 3.05) is 17.2 Å². The van der Waals surface area contributed by atoms with Crippen molar-refractivity contribution >= 4 is 51.1 Å². The first-order chi connectivity index (χ1) is 17.5. The zero-order valence-corrected chi connectivity index (χ0v) is 22.4. The minimum Gasteiger partial charge on any atom is -0.484 e. The van der Waals surface area contributed by atoms with Gasteiger partial charge in [0.25, 0.3) is 17.5 Å². The predicted octanol–water partition coefficient (Wildman–Crippen LogP) is 6.73. The third-order valence-electron chi connectivity index (χ3n) is 6.49. The Morgan fingerprint density at radius 1 is 1.11 bits per heavy atom. The van der Waals surface area contributed by atoms with Crippen LogP contribution in [0.15, 0.2) is 48.5 Å². The van der Waals surface area contributed by atoms with E-state index < -0.39 is 10.8 Å². The Bertz CT molecular complexity index is 1310. The SMILES string of the molecule is CC(C)(C)[C@H]1CCc2c(sc(NC(=O)COc3ccc([N+](=O)[O-])cc3)c2C(=O)Nc2ccc(Cl)cc2)C1. The van der Waals surface area contributed by atoms with E-state index in [1.807, 2.05) is 0 Å². The summed E-state index contributed by atoms with van der Waals surface area (Å²) in [5.74, 6) is 0.0882. The van der Waals surface area contributed by atoms with E-state index in [4.69, 9.17) is 16.3 Å². The molecule has 1 atom stereocenters. The first-order valence-corrected chi connectivity index (χ1v) is 13.1. The van der Waals surface area contributed by atoms with Gasteiger partial charge in [0.15, 0.2) is 6.61 Å². The zero-order valence-electron chi connectivity index (χ0n) is 20.8. The van der Waals surface area contributed by atoms with E-state index in [2.05, 4.69) is 31.4 Å². The molecular formula is C27H28ClN3O5S. The second-order valence-electron chi connectivity index (χ2n) is 10.1. The summed E-state index contributed by atoms with van der Waals surface area (Å²) in [6.07, 6.45) is 2.57. The number of nitro benzene ring substituents is 1. The lowest BCUT2D eigenvalue weighted by Crippen LogP contribution is -2.27. The van der Waals surface area contributed by atoms with Crippen molar-refractivity contribution in [3.63, 3.8) is 0 Å². The predicted molar refractivity (Wildman–Crippen MR) is 146 cm³/mol. The standard InChI is InChI=1S/C27H28ClN3O5S/c1-27(2,3)16-4-13-21-22(14-16)37-26(24(21)25(33)29-18-7-5-17(28)6-8-18)30-23(32)15-36-20-11-9-19(10-12-20)31(34)35/h5-12,16H,4,13-15H2,1-3H3,(H,29,33)(H,30,32)/t16-/m0/s1. The highest BCUT2D eigenvalue weighted by Crippen LogP contribution is 2.44. The lowest BCUT2D eigenvalue weighted by Gasteiger charge is -2.33. The quantitative estimate of drug-likeness (QED) is 0.254. The van der Waals surface area contributed by atoms with Crippen LogP contribution in [-0.4, -0.2) is 23.3 Å². The van der Waals surface area contributed by atoms with Crippen LogP contribution >= 0.6 is 22.9 Å². The van der Waals surface area contributed by atoms with E-state index >= 15 is 0 Å². The highest BCUT2D eigenvalue weighted by Gasteiger charge is 2.34. The van der Waals surface area contributed by atoms with E-state index in [0.29, 0.717) is 32.9 Å². The molecule has 1 aromatic heterocycles. The normalized spacial score (nSPS) is 15.0. The molecule has 0 unspecified atom stereocenters. The highest BCUT2D eigenvalue weighted by atomic mass is 35.5. The number of nitro groups is 1. The van der Waals surface area contributed by atoms with Gasteiger partial charge in [0.05, 0.1) is 10.5 Å². The average Bonchev–Trinajstić information content (AvgIpc) is 3.21. The van der Waals surface area contributed by atoms with Gasteiger partial charge in [-0.3, -0.25) is 19.7 Å². The van der Waals surface area contributed by atoms with E-state index in [0.717, 1.165) is 29.7 Å². The number of carbonyl (C=O) groups excluding carboxylic acids is 2. The lowest BCUT2D eigenvalue weighted by molar-refractivity contribution is -0.384. The van der Waals surface area contributed by atoms with E-state index in [9.17, 15) is 19.7 Å². The van der Waals surface area contributed by atoms with Crippen LogP contribution < -0.4 is 15.4 Å². The largest absolute Gasteiger partial charge is 0.484 e. The molecule has 0 fully saturated rings. The summed E-state index contributed by atoms with van der Waals surface area (Å²) in [7, 11) is 0. The summed E-state index contributed by atoms with van der Waals surface area (Å²) in [6.45, 7) is 6.37. The topological polar surface area (TPSA) is 111 Å². The first-order valence-electron chi connectivity index (χ1n) is 11.9. The number of carbonyl (C=O) groups is 2. The van der Waals surface area contributed by atoms with Gasteiger partial charge >= 0.3 is 0 Å². The smallest absolute Gasteiger partial charge is 0.269 e. The Kier molecular flexibility index (Phi) is 7.85. The molecule has 0 aliphatic heterocycles. The van der Waals surface area contributed by atoms with E-state index in [1.165, 1.54) is 35.6 Å². The Hall–Kier alpha value is -3.43. The van der Waals surface area contributed by atoms with Crippen molar-refractivity contribution in [2.24, 2.45) is 11.3 Å². The summed E-state index contributed by atoms with van der Waals surface area (Å²) >= 11 is 7.40. The molecule has 2 amide bonds. The van der Waals surface area contributed by atoms with Crippen molar-refractivity contribution in [3.05, 3.63) is 79.7 Å². The number of nitrogens with zero attached hydrogens (tertiary/aromatic N) is 1. The maximum absolute atomic E-state index is 13.4. The van der Waals surface area contributed by atoms with Crippen LogP contribution in [0.4, 0.5) is 16.4 Å². The minimum atomic E-state index is -0.504. The summed E-state index contributed by atoms with van der Waals surface area (Å²) < 4.78 is 5.50. The van der Waals surface area contributed by atoms with Crippen molar-refractivity contribution < 1.29 is 19.2 Å². The fourth-order valence-electron chi connectivity index (χ4n) is 4.36. The molecule has 1 heterocycles. The molecule has 2 aromatic carbocycles. The molecule has 3 aromatic rings. The van der Waals surface area contributed by atoms with Gasteiger partial charge in [0.2, 0.25) is 0 Å². The molecule has 194 valence electrons. The molecule has 4 rings (SSSR count). The van der Waals surface area contributed by atoms with Gasteiger partial charge in [0, 0.05) is 27.7 Å². The fraction of sp³-hybridized carbons (Fsp3) is 0.333. The average molecular weight is 542 g/mol. The minimum absolute atomic E-state index is 0.0640. The van der Waals surface area contributed by atoms with Gasteiger partial charge in [-0.15, -0.1) is 11.3 Å². The summed E-state index contributed by atoms with van der Waals surface area (Å²) in [6, 6.07) is 12.4. The molecular weight excluding hydrogens is 514 g/mol. The molecule has 0 bridgehead atoms. The van der Waals surface area contributed by atoms with Crippen LogP contribution in [0.5, 0.6) is 5.75 Å². The van der Waals surface area contributed by atoms with Crippen LogP contribution in [0.1, 0.15) is 48.0 Å². The number of halogens is 1. The molecule has 0 spiro atoms. The highest BCUT2D eigenvalue weighted by molar-refractivity contribution is 7.17. The van der Waals surface area contributed by atoms with Crippen LogP contribution in [0.25, 0.3) is 0 Å². The maximum atomic E-state index is 13.4. The lowest BCUT2D eigenvalue weighted by atomic mass is 9.72. The Balaban J connectivity index is 1.54. The number of rotatable bonds is 7. The van der Waals surface area contributed by atoms with Gasteiger partial charge in [-0.05, 0) is 72.6 Å². The van der Waals surface area contributed by atoms with Crippen molar-refractivity contribution in [1.29, 1.82) is 0 Å². The zero-order chi connectivity index (χ0) is 26.7. The van der Waals surface area contributed by atoms with Gasteiger partial charge in [0.1, 0.15) is 10.8 Å². The van der Waals surface area contributed by atoms with Gasteiger partial charge in [-0.1, -0.05) is 32.4 Å². The third kappa shape index (κ3) is 6.47. The van der Waals surface area contributed by atoms with Crippen molar-refractivity contribution in [1.82, 2.24) is 0 Å². The summed E-state index contributed by atoms with van der Waals surface area (Å²) in [4.78, 5) is 37.6. The Morgan fingerprint density at radius 2 is 1.78 bits per heavy atom. The number of fused-ring (bicyclic) bond motifs is 1. The van der Waals surface area contributed by atoms with E-state index in [1.54, 1.807) is 24.3 Å². The molecule has 0 radical (unpaired) electrons. The molecule has 1 aliphatic rings.